The maximum Gasteiger partial charge on any atom is 0.261 e. The molecule has 0 radical (unpaired) electrons. The van der Waals surface area contributed by atoms with Crippen LogP contribution in [0.25, 0.3) is 27.2 Å². The summed E-state index contributed by atoms with van der Waals surface area (Å²) in [5.74, 6) is -3.30. The molecule has 232 valence electrons. The predicted molar refractivity (Wildman–Crippen MR) is 166 cm³/mol. The van der Waals surface area contributed by atoms with Gasteiger partial charge in [-0.2, -0.15) is 0 Å². The van der Waals surface area contributed by atoms with Crippen molar-refractivity contribution < 1.29 is 28.0 Å². The predicted octanol–water partition coefficient (Wildman–Crippen LogP) is 3.92. The summed E-state index contributed by atoms with van der Waals surface area (Å²) in [6, 6.07) is 13.5. The van der Waals surface area contributed by atoms with Gasteiger partial charge in [0.15, 0.2) is 0 Å². The van der Waals surface area contributed by atoms with Crippen LogP contribution in [-0.4, -0.2) is 82.2 Å². The van der Waals surface area contributed by atoms with Crippen molar-refractivity contribution in [3.8, 4) is 5.69 Å². The van der Waals surface area contributed by atoms with Crippen molar-refractivity contribution in [1.82, 2.24) is 30.0 Å². The second kappa shape index (κ2) is 11.9. The minimum Gasteiger partial charge on any atom is -0.315 e. The topological polar surface area (TPSA) is 117 Å². The van der Waals surface area contributed by atoms with E-state index >= 15 is 0 Å². The third kappa shape index (κ3) is 4.91. The molecule has 2 aliphatic rings. The number of amides is 4. The lowest BCUT2D eigenvalue weighted by Gasteiger charge is -2.28. The molecule has 3 heterocycles. The molecule has 0 bridgehead atoms. The molecule has 2 aliphatic heterocycles. The number of nitrogens with zero attached hydrogens (tertiary/aromatic N) is 4. The van der Waals surface area contributed by atoms with E-state index in [0.717, 1.165) is 34.2 Å². The Labute approximate surface area is 261 Å². The van der Waals surface area contributed by atoms with Crippen LogP contribution in [-0.2, 0) is 0 Å². The Morgan fingerprint density at radius 2 is 1.26 bits per heavy atom. The Bertz CT molecular complexity index is 2040. The first-order valence-electron chi connectivity index (χ1n) is 14.9. The summed E-state index contributed by atoms with van der Waals surface area (Å²) >= 11 is 0. The summed E-state index contributed by atoms with van der Waals surface area (Å²) in [7, 11) is 0. The molecule has 10 nitrogen and oxygen atoms in total. The van der Waals surface area contributed by atoms with Crippen molar-refractivity contribution in [3.05, 3.63) is 107 Å². The van der Waals surface area contributed by atoms with Gasteiger partial charge in [-0.1, -0.05) is 12.1 Å². The van der Waals surface area contributed by atoms with Crippen molar-refractivity contribution in [2.75, 3.05) is 39.3 Å². The lowest BCUT2D eigenvalue weighted by Crippen LogP contribution is -2.44. The zero-order valence-electron chi connectivity index (χ0n) is 24.6. The highest BCUT2D eigenvalue weighted by molar-refractivity contribution is 6.27. The van der Waals surface area contributed by atoms with Crippen LogP contribution in [0.5, 0.6) is 0 Å². The number of hydrogen-bond acceptors (Lipinski definition) is 7. The molecule has 0 spiro atoms. The Hall–Kier alpha value is -5.33. The Balaban J connectivity index is 0.886. The van der Waals surface area contributed by atoms with Crippen LogP contribution in [0.4, 0.5) is 8.78 Å². The van der Waals surface area contributed by atoms with Gasteiger partial charge in [-0.25, -0.2) is 13.8 Å². The molecule has 1 aromatic heterocycles. The summed E-state index contributed by atoms with van der Waals surface area (Å²) in [5.41, 5.74) is 1.95. The number of aromatic nitrogens is 2. The van der Waals surface area contributed by atoms with E-state index in [1.165, 1.54) is 11.0 Å². The standard InChI is InChI=1S/C34H28F2N6O4/c35-20-17-25-27(36)7-5-23-30(25)26(18-20)34(46)42(32(23)44)16-13-38-10-2-9-37-12-15-41-31(43)22-4-1-3-21-28(40-14-11-39-19-40)8-6-24(29(21)22)33(41)45/h1,3-8,11,14,17-19,37-38H,2,9-10,12-13,15-16H2. The first-order chi connectivity index (χ1) is 22.3. The van der Waals surface area contributed by atoms with Crippen molar-refractivity contribution in [1.29, 1.82) is 0 Å². The number of hydrogen-bond donors (Lipinski definition) is 2. The van der Waals surface area contributed by atoms with E-state index in [4.69, 9.17) is 0 Å². The number of carbonyl (C=O) groups excluding carboxylic acids is 4. The van der Waals surface area contributed by atoms with E-state index in [-0.39, 0.29) is 46.8 Å². The third-order valence-corrected chi connectivity index (χ3v) is 8.46. The van der Waals surface area contributed by atoms with Gasteiger partial charge in [-0.15, -0.1) is 0 Å². The van der Waals surface area contributed by atoms with Gasteiger partial charge in [-0.3, -0.25) is 29.0 Å². The van der Waals surface area contributed by atoms with Crippen molar-refractivity contribution >= 4 is 45.2 Å². The second-order valence-corrected chi connectivity index (χ2v) is 11.2. The van der Waals surface area contributed by atoms with E-state index in [9.17, 15) is 28.0 Å². The van der Waals surface area contributed by atoms with Gasteiger partial charge in [0.05, 0.1) is 17.6 Å². The lowest BCUT2D eigenvalue weighted by atomic mass is 9.93. The molecule has 5 aromatic rings. The lowest BCUT2D eigenvalue weighted by molar-refractivity contribution is 0.0597. The summed E-state index contributed by atoms with van der Waals surface area (Å²) in [6.07, 6.45) is 5.86. The molecular weight excluding hydrogens is 594 g/mol. The Morgan fingerprint density at radius 3 is 1.91 bits per heavy atom. The second-order valence-electron chi connectivity index (χ2n) is 11.2. The Kier molecular flexibility index (Phi) is 7.59. The highest BCUT2D eigenvalue weighted by atomic mass is 19.1. The van der Waals surface area contributed by atoms with Crippen LogP contribution in [0, 0.1) is 11.6 Å². The molecule has 0 saturated heterocycles. The molecular formula is C34H28F2N6O4. The van der Waals surface area contributed by atoms with Gasteiger partial charge in [0.25, 0.3) is 23.6 Å². The van der Waals surface area contributed by atoms with E-state index in [0.29, 0.717) is 49.1 Å². The SMILES string of the molecule is O=C1c2ccc(F)c3cc(F)cc(c23)C(=O)N1CCNCCCNCCN1C(=O)c2cccc3c(-n4ccnc4)ccc(c23)C1=O. The van der Waals surface area contributed by atoms with E-state index in [2.05, 4.69) is 15.6 Å². The molecule has 2 N–H and O–H groups in total. The van der Waals surface area contributed by atoms with E-state index in [1.807, 2.05) is 29.0 Å². The van der Waals surface area contributed by atoms with E-state index < -0.39 is 23.4 Å². The summed E-state index contributed by atoms with van der Waals surface area (Å²) < 4.78 is 30.2. The fraction of sp³-hybridized carbons (Fsp3) is 0.206. The maximum absolute atomic E-state index is 14.3. The highest BCUT2D eigenvalue weighted by Gasteiger charge is 2.34. The monoisotopic (exact) mass is 622 g/mol. The first-order valence-corrected chi connectivity index (χ1v) is 14.9. The number of rotatable bonds is 11. The minimum absolute atomic E-state index is 0.0293. The number of carbonyl (C=O) groups is 4. The molecule has 0 fully saturated rings. The zero-order valence-corrected chi connectivity index (χ0v) is 24.6. The molecule has 12 heteroatoms. The first kappa shape index (κ1) is 29.4. The Morgan fingerprint density at radius 1 is 0.652 bits per heavy atom. The number of imidazole rings is 1. The molecule has 7 rings (SSSR count). The van der Waals surface area contributed by atoms with Gasteiger partial charge < -0.3 is 15.2 Å². The van der Waals surface area contributed by atoms with Crippen LogP contribution < -0.4 is 10.6 Å². The summed E-state index contributed by atoms with van der Waals surface area (Å²) in [4.78, 5) is 59.1. The highest BCUT2D eigenvalue weighted by Crippen LogP contribution is 2.34. The molecule has 46 heavy (non-hydrogen) atoms. The summed E-state index contributed by atoms with van der Waals surface area (Å²) in [6.45, 7) is 2.18. The van der Waals surface area contributed by atoms with Gasteiger partial charge in [0, 0.05) is 76.8 Å². The van der Waals surface area contributed by atoms with E-state index in [1.54, 1.807) is 24.7 Å². The summed E-state index contributed by atoms with van der Waals surface area (Å²) in [5, 5.41) is 7.95. The van der Waals surface area contributed by atoms with Crippen molar-refractivity contribution in [2.45, 2.75) is 6.42 Å². The van der Waals surface area contributed by atoms with Crippen molar-refractivity contribution in [2.24, 2.45) is 0 Å². The molecule has 0 saturated carbocycles. The minimum atomic E-state index is -0.747. The average Bonchev–Trinajstić information content (AvgIpc) is 3.59. The van der Waals surface area contributed by atoms with Crippen LogP contribution in [0.1, 0.15) is 47.9 Å². The smallest absolute Gasteiger partial charge is 0.261 e. The molecule has 0 atom stereocenters. The number of imide groups is 2. The van der Waals surface area contributed by atoms with Crippen LogP contribution in [0.3, 0.4) is 0 Å². The van der Waals surface area contributed by atoms with Crippen molar-refractivity contribution in [3.63, 3.8) is 0 Å². The van der Waals surface area contributed by atoms with Crippen LogP contribution in [0.15, 0.2) is 73.3 Å². The molecule has 4 aromatic carbocycles. The van der Waals surface area contributed by atoms with Gasteiger partial charge in [0.1, 0.15) is 11.6 Å². The fourth-order valence-electron chi connectivity index (χ4n) is 6.28. The fourth-order valence-corrected chi connectivity index (χ4v) is 6.28. The number of nitrogens with one attached hydrogen (secondary N) is 2. The largest absolute Gasteiger partial charge is 0.315 e. The van der Waals surface area contributed by atoms with Gasteiger partial charge >= 0.3 is 0 Å². The van der Waals surface area contributed by atoms with Crippen LogP contribution >= 0.6 is 0 Å². The molecule has 0 aliphatic carbocycles. The molecule has 0 unspecified atom stereocenters. The number of benzene rings is 4. The zero-order chi connectivity index (χ0) is 31.9. The third-order valence-electron chi connectivity index (χ3n) is 8.46. The van der Waals surface area contributed by atoms with Crippen LogP contribution in [0.2, 0.25) is 0 Å². The van der Waals surface area contributed by atoms with Gasteiger partial charge in [-0.05, 0) is 62.0 Å². The average molecular weight is 623 g/mol. The number of halogens is 2. The van der Waals surface area contributed by atoms with Gasteiger partial charge in [0.2, 0.25) is 0 Å². The normalized spacial score (nSPS) is 14.3. The maximum atomic E-state index is 14.3. The quantitative estimate of drug-likeness (QED) is 0.170. The molecule has 4 amide bonds.